The largest absolute Gasteiger partial charge is 0.378 e. The van der Waals surface area contributed by atoms with Gasteiger partial charge in [0.2, 0.25) is 5.91 Å². The lowest BCUT2D eigenvalue weighted by molar-refractivity contribution is -0.113. The molecule has 7 heteroatoms. The van der Waals surface area contributed by atoms with Crippen molar-refractivity contribution in [2.75, 3.05) is 54.6 Å². The molecule has 0 saturated carbocycles. The van der Waals surface area contributed by atoms with Crippen LogP contribution in [-0.4, -0.2) is 55.2 Å². The van der Waals surface area contributed by atoms with E-state index >= 15 is 0 Å². The van der Waals surface area contributed by atoms with Gasteiger partial charge in [-0.05, 0) is 12.1 Å². The Morgan fingerprint density at radius 2 is 2.25 bits per heavy atom. The van der Waals surface area contributed by atoms with Crippen molar-refractivity contribution in [3.8, 4) is 0 Å². The molecule has 1 aliphatic rings. The van der Waals surface area contributed by atoms with E-state index in [2.05, 4.69) is 15.2 Å². The average molecular weight is 296 g/mol. The number of nitrogens with one attached hydrogen (secondary N) is 1. The standard InChI is InChI=1S/C13H20N4O2S/c14-3-8-20-10-13(18)16-11-1-2-12(15-9-11)17-4-6-19-7-5-17/h1-2,9H,3-8,10,14H2,(H,16,18). The number of rotatable bonds is 6. The highest BCUT2D eigenvalue weighted by molar-refractivity contribution is 7.99. The van der Waals surface area contributed by atoms with Crippen LogP contribution in [0.25, 0.3) is 0 Å². The van der Waals surface area contributed by atoms with Gasteiger partial charge in [-0.3, -0.25) is 4.79 Å². The first kappa shape index (κ1) is 15.1. The molecule has 2 rings (SSSR count). The normalized spacial score (nSPS) is 15.2. The van der Waals surface area contributed by atoms with Gasteiger partial charge in [0.1, 0.15) is 5.82 Å². The molecule has 0 aromatic carbocycles. The van der Waals surface area contributed by atoms with Gasteiger partial charge < -0.3 is 20.7 Å². The quantitative estimate of drug-likeness (QED) is 0.746. The Hall–Kier alpha value is -1.31. The van der Waals surface area contributed by atoms with Crippen LogP contribution in [0.3, 0.4) is 0 Å². The molecule has 1 fully saturated rings. The van der Waals surface area contributed by atoms with Crippen LogP contribution in [0, 0.1) is 0 Å². The van der Waals surface area contributed by atoms with Crippen molar-refractivity contribution >= 4 is 29.2 Å². The zero-order valence-corrected chi connectivity index (χ0v) is 12.2. The van der Waals surface area contributed by atoms with Gasteiger partial charge in [-0.25, -0.2) is 4.98 Å². The fraction of sp³-hybridized carbons (Fsp3) is 0.538. The van der Waals surface area contributed by atoms with Crippen molar-refractivity contribution < 1.29 is 9.53 Å². The van der Waals surface area contributed by atoms with Crippen molar-refractivity contribution in [2.24, 2.45) is 5.73 Å². The lowest BCUT2D eigenvalue weighted by Crippen LogP contribution is -2.36. The number of hydrogen-bond acceptors (Lipinski definition) is 6. The molecular weight excluding hydrogens is 276 g/mol. The van der Waals surface area contributed by atoms with Gasteiger partial charge in [-0.1, -0.05) is 0 Å². The molecule has 110 valence electrons. The van der Waals surface area contributed by atoms with Crippen LogP contribution in [0.1, 0.15) is 0 Å². The number of pyridine rings is 1. The van der Waals surface area contributed by atoms with Crippen LogP contribution < -0.4 is 16.0 Å². The molecule has 0 spiro atoms. The van der Waals surface area contributed by atoms with E-state index < -0.39 is 0 Å². The molecule has 1 saturated heterocycles. The summed E-state index contributed by atoms with van der Waals surface area (Å²) in [7, 11) is 0. The van der Waals surface area contributed by atoms with Crippen molar-refractivity contribution in [3.63, 3.8) is 0 Å². The van der Waals surface area contributed by atoms with E-state index in [9.17, 15) is 4.79 Å². The Morgan fingerprint density at radius 3 is 2.90 bits per heavy atom. The number of nitrogens with two attached hydrogens (primary N) is 1. The maximum atomic E-state index is 11.6. The smallest absolute Gasteiger partial charge is 0.234 e. The number of amides is 1. The van der Waals surface area contributed by atoms with E-state index in [0.717, 1.165) is 43.6 Å². The van der Waals surface area contributed by atoms with Crippen molar-refractivity contribution in [1.82, 2.24) is 4.98 Å². The highest BCUT2D eigenvalue weighted by Crippen LogP contribution is 2.15. The van der Waals surface area contributed by atoms with Gasteiger partial charge in [-0.2, -0.15) is 11.8 Å². The SMILES string of the molecule is NCCSCC(=O)Nc1ccc(N2CCOCC2)nc1. The molecule has 0 unspecified atom stereocenters. The van der Waals surface area contributed by atoms with Crippen LogP contribution >= 0.6 is 11.8 Å². The molecule has 1 amide bonds. The maximum Gasteiger partial charge on any atom is 0.234 e. The van der Waals surface area contributed by atoms with Crippen LogP contribution in [0.4, 0.5) is 11.5 Å². The van der Waals surface area contributed by atoms with E-state index in [4.69, 9.17) is 10.5 Å². The number of anilines is 2. The number of ether oxygens (including phenoxy) is 1. The Morgan fingerprint density at radius 1 is 1.45 bits per heavy atom. The third-order valence-corrected chi connectivity index (χ3v) is 3.85. The molecule has 1 aromatic heterocycles. The van der Waals surface area contributed by atoms with E-state index in [1.165, 1.54) is 11.8 Å². The Balaban J connectivity index is 1.83. The Kier molecular flexibility index (Phi) is 6.10. The summed E-state index contributed by atoms with van der Waals surface area (Å²) in [5.41, 5.74) is 6.10. The molecular formula is C13H20N4O2S. The zero-order valence-electron chi connectivity index (χ0n) is 11.4. The molecule has 0 aliphatic carbocycles. The molecule has 20 heavy (non-hydrogen) atoms. The van der Waals surface area contributed by atoms with Gasteiger partial charge in [0.05, 0.1) is 30.9 Å². The van der Waals surface area contributed by atoms with Crippen LogP contribution in [-0.2, 0) is 9.53 Å². The second kappa shape index (κ2) is 8.08. The summed E-state index contributed by atoms with van der Waals surface area (Å²) >= 11 is 1.53. The summed E-state index contributed by atoms with van der Waals surface area (Å²) in [6.45, 7) is 3.77. The predicted molar refractivity (Wildman–Crippen MR) is 82.3 cm³/mol. The molecule has 0 bridgehead atoms. The maximum absolute atomic E-state index is 11.6. The Labute approximate surface area is 123 Å². The van der Waals surface area contributed by atoms with E-state index in [1.54, 1.807) is 6.20 Å². The second-order valence-electron chi connectivity index (χ2n) is 4.39. The summed E-state index contributed by atoms with van der Waals surface area (Å²) in [5, 5.41) is 2.82. The van der Waals surface area contributed by atoms with Crippen LogP contribution in [0.15, 0.2) is 18.3 Å². The van der Waals surface area contributed by atoms with E-state index in [0.29, 0.717) is 12.3 Å². The molecule has 2 heterocycles. The second-order valence-corrected chi connectivity index (χ2v) is 5.50. The molecule has 3 N–H and O–H groups in total. The first-order chi connectivity index (χ1) is 9.79. The number of carbonyl (C=O) groups excluding carboxylic acids is 1. The molecule has 1 aliphatic heterocycles. The van der Waals surface area contributed by atoms with Gasteiger partial charge >= 0.3 is 0 Å². The third-order valence-electron chi connectivity index (χ3n) is 2.86. The molecule has 6 nitrogen and oxygen atoms in total. The summed E-state index contributed by atoms with van der Waals surface area (Å²) in [5.74, 6) is 2.11. The van der Waals surface area contributed by atoms with Gasteiger partial charge in [0.15, 0.2) is 0 Å². The van der Waals surface area contributed by atoms with Crippen LogP contribution in [0.5, 0.6) is 0 Å². The summed E-state index contributed by atoms with van der Waals surface area (Å²) in [4.78, 5) is 18.2. The number of hydrogen-bond donors (Lipinski definition) is 2. The van der Waals surface area contributed by atoms with E-state index in [-0.39, 0.29) is 5.91 Å². The monoisotopic (exact) mass is 296 g/mol. The fourth-order valence-corrected chi connectivity index (χ4v) is 2.45. The van der Waals surface area contributed by atoms with Gasteiger partial charge in [0, 0.05) is 25.4 Å². The highest BCUT2D eigenvalue weighted by Gasteiger charge is 2.12. The first-order valence-electron chi connectivity index (χ1n) is 6.66. The number of carbonyl (C=O) groups is 1. The minimum absolute atomic E-state index is 0.0237. The highest BCUT2D eigenvalue weighted by atomic mass is 32.2. The van der Waals surface area contributed by atoms with Crippen molar-refractivity contribution in [2.45, 2.75) is 0 Å². The van der Waals surface area contributed by atoms with Gasteiger partial charge in [0.25, 0.3) is 0 Å². The summed E-state index contributed by atoms with van der Waals surface area (Å²) in [6, 6.07) is 3.80. The topological polar surface area (TPSA) is 80.5 Å². The molecule has 1 aromatic rings. The van der Waals surface area contributed by atoms with E-state index in [1.807, 2.05) is 12.1 Å². The third kappa shape index (κ3) is 4.66. The minimum Gasteiger partial charge on any atom is -0.378 e. The molecule has 0 radical (unpaired) electrons. The van der Waals surface area contributed by atoms with Crippen molar-refractivity contribution in [3.05, 3.63) is 18.3 Å². The molecule has 0 atom stereocenters. The summed E-state index contributed by atoms with van der Waals surface area (Å²) in [6.07, 6.45) is 1.69. The predicted octanol–water partition coefficient (Wildman–Crippen LogP) is 0.549. The number of morpholine rings is 1. The lowest BCUT2D eigenvalue weighted by Gasteiger charge is -2.27. The van der Waals surface area contributed by atoms with Crippen molar-refractivity contribution in [1.29, 1.82) is 0 Å². The lowest BCUT2D eigenvalue weighted by atomic mass is 10.3. The minimum atomic E-state index is -0.0237. The first-order valence-corrected chi connectivity index (χ1v) is 7.81. The fourth-order valence-electron chi connectivity index (χ4n) is 1.88. The zero-order chi connectivity index (χ0) is 14.2. The van der Waals surface area contributed by atoms with Gasteiger partial charge in [-0.15, -0.1) is 0 Å². The number of nitrogens with zero attached hydrogens (tertiary/aromatic N) is 2. The average Bonchev–Trinajstić information content (AvgIpc) is 2.49. The summed E-state index contributed by atoms with van der Waals surface area (Å²) < 4.78 is 5.31. The van der Waals surface area contributed by atoms with Crippen LogP contribution in [0.2, 0.25) is 0 Å². The number of aromatic nitrogens is 1. The number of thioether (sulfide) groups is 1. The Bertz CT molecular complexity index is 421.